The number of aromatic nitrogens is 2. The number of hydrogen-bond acceptors (Lipinski definition) is 4. The number of aromatic hydroxyl groups is 1. The van der Waals surface area contributed by atoms with Gasteiger partial charge < -0.3 is 15.7 Å². The van der Waals surface area contributed by atoms with Gasteiger partial charge in [0, 0.05) is 12.1 Å². The average Bonchev–Trinajstić information content (AvgIpc) is 3.04. The van der Waals surface area contributed by atoms with Gasteiger partial charge in [0.2, 0.25) is 0 Å². The molecule has 4 N–H and O–H groups in total. The minimum absolute atomic E-state index is 0.147. The summed E-state index contributed by atoms with van der Waals surface area (Å²) in [5.74, 6) is 0.465. The van der Waals surface area contributed by atoms with Crippen molar-refractivity contribution in [3.8, 4) is 17.0 Å². The van der Waals surface area contributed by atoms with Gasteiger partial charge in [-0.15, -0.1) is 0 Å². The number of piperidine rings is 1. The van der Waals surface area contributed by atoms with E-state index in [9.17, 15) is 9.90 Å². The van der Waals surface area contributed by atoms with Gasteiger partial charge in [0.1, 0.15) is 11.4 Å². The fourth-order valence-electron chi connectivity index (χ4n) is 2.70. The van der Waals surface area contributed by atoms with Crippen LogP contribution < -0.4 is 10.6 Å². The Kier molecular flexibility index (Phi) is 4.39. The zero-order chi connectivity index (χ0) is 15.4. The summed E-state index contributed by atoms with van der Waals surface area (Å²) in [5, 5.41) is 22.9. The highest BCUT2D eigenvalue weighted by Gasteiger charge is 2.16. The topological polar surface area (TPSA) is 90.0 Å². The standard InChI is InChI=1S/C16H20N4O2/c21-15-6-2-1-5-12(15)13-8-14(20-19-13)16(22)18-10-11-4-3-7-17-9-11/h1-2,5-6,8,11,17,21H,3-4,7,9-10H2,(H,18,22)(H,19,20). The number of nitrogens with one attached hydrogen (secondary N) is 3. The molecule has 1 aromatic carbocycles. The molecule has 1 atom stereocenters. The Bertz CT molecular complexity index is 647. The average molecular weight is 300 g/mol. The second kappa shape index (κ2) is 6.62. The van der Waals surface area contributed by atoms with Crippen molar-refractivity contribution in [3.05, 3.63) is 36.0 Å². The van der Waals surface area contributed by atoms with Crippen LogP contribution >= 0.6 is 0 Å². The molecular weight excluding hydrogens is 280 g/mol. The predicted octanol–water partition coefficient (Wildman–Crippen LogP) is 1.51. The molecule has 116 valence electrons. The van der Waals surface area contributed by atoms with E-state index in [2.05, 4.69) is 20.8 Å². The molecule has 0 spiro atoms. The van der Waals surface area contributed by atoms with E-state index in [0.29, 0.717) is 29.4 Å². The summed E-state index contributed by atoms with van der Waals surface area (Å²) in [6.07, 6.45) is 2.29. The molecule has 0 saturated carbocycles. The molecule has 6 heteroatoms. The minimum Gasteiger partial charge on any atom is -0.507 e. The Hall–Kier alpha value is -2.34. The number of nitrogens with zero attached hydrogens (tertiary/aromatic N) is 1. The van der Waals surface area contributed by atoms with Crippen molar-refractivity contribution in [3.63, 3.8) is 0 Å². The van der Waals surface area contributed by atoms with Gasteiger partial charge in [0.25, 0.3) is 5.91 Å². The summed E-state index contributed by atoms with van der Waals surface area (Å²) >= 11 is 0. The summed E-state index contributed by atoms with van der Waals surface area (Å²) < 4.78 is 0. The molecule has 1 aromatic heterocycles. The van der Waals surface area contributed by atoms with Crippen LogP contribution in [0.2, 0.25) is 0 Å². The van der Waals surface area contributed by atoms with Crippen molar-refractivity contribution in [1.29, 1.82) is 0 Å². The van der Waals surface area contributed by atoms with Crippen molar-refractivity contribution in [2.75, 3.05) is 19.6 Å². The lowest BCUT2D eigenvalue weighted by Gasteiger charge is -2.22. The van der Waals surface area contributed by atoms with Crippen molar-refractivity contribution in [2.24, 2.45) is 5.92 Å². The molecule has 1 fully saturated rings. The van der Waals surface area contributed by atoms with Crippen LogP contribution in [0.5, 0.6) is 5.75 Å². The second-order valence-corrected chi connectivity index (χ2v) is 5.61. The maximum absolute atomic E-state index is 12.2. The van der Waals surface area contributed by atoms with E-state index in [1.54, 1.807) is 24.3 Å². The Labute approximate surface area is 128 Å². The first-order valence-electron chi connectivity index (χ1n) is 7.57. The van der Waals surface area contributed by atoms with Crippen LogP contribution in [0.25, 0.3) is 11.3 Å². The van der Waals surface area contributed by atoms with Crippen molar-refractivity contribution < 1.29 is 9.90 Å². The lowest BCUT2D eigenvalue weighted by molar-refractivity contribution is 0.0940. The Morgan fingerprint density at radius 3 is 3.05 bits per heavy atom. The third-order valence-electron chi connectivity index (χ3n) is 3.95. The molecule has 6 nitrogen and oxygen atoms in total. The lowest BCUT2D eigenvalue weighted by Crippen LogP contribution is -2.38. The van der Waals surface area contributed by atoms with Gasteiger partial charge in [-0.05, 0) is 50.0 Å². The molecule has 1 amide bonds. The number of phenols is 1. The van der Waals surface area contributed by atoms with E-state index in [0.717, 1.165) is 25.9 Å². The molecule has 22 heavy (non-hydrogen) atoms. The van der Waals surface area contributed by atoms with Crippen molar-refractivity contribution in [2.45, 2.75) is 12.8 Å². The molecule has 1 saturated heterocycles. The monoisotopic (exact) mass is 300 g/mol. The van der Waals surface area contributed by atoms with Crippen LogP contribution in [0.15, 0.2) is 30.3 Å². The molecule has 2 aromatic rings. The van der Waals surface area contributed by atoms with E-state index in [1.807, 2.05) is 6.07 Å². The number of benzene rings is 1. The van der Waals surface area contributed by atoms with E-state index >= 15 is 0 Å². The van der Waals surface area contributed by atoms with Crippen LogP contribution in [-0.4, -0.2) is 40.8 Å². The van der Waals surface area contributed by atoms with Gasteiger partial charge in [-0.1, -0.05) is 12.1 Å². The normalized spacial score (nSPS) is 18.1. The van der Waals surface area contributed by atoms with Gasteiger partial charge in [-0.25, -0.2) is 0 Å². The maximum atomic E-state index is 12.2. The summed E-state index contributed by atoms with van der Waals surface area (Å²) in [6.45, 7) is 2.68. The van der Waals surface area contributed by atoms with E-state index < -0.39 is 0 Å². The molecule has 0 bridgehead atoms. The smallest absolute Gasteiger partial charge is 0.269 e. The second-order valence-electron chi connectivity index (χ2n) is 5.61. The first kappa shape index (κ1) is 14.6. The fraction of sp³-hybridized carbons (Fsp3) is 0.375. The minimum atomic E-state index is -0.167. The number of hydrogen-bond donors (Lipinski definition) is 4. The SMILES string of the molecule is O=C(NCC1CCCNC1)c1cc(-c2ccccc2O)n[nH]1. The van der Waals surface area contributed by atoms with E-state index in [-0.39, 0.29) is 11.7 Å². The summed E-state index contributed by atoms with van der Waals surface area (Å²) in [4.78, 5) is 12.2. The Morgan fingerprint density at radius 2 is 2.27 bits per heavy atom. The van der Waals surface area contributed by atoms with Gasteiger partial charge >= 0.3 is 0 Å². The van der Waals surface area contributed by atoms with Crippen LogP contribution in [0.1, 0.15) is 23.3 Å². The number of amides is 1. The van der Waals surface area contributed by atoms with E-state index in [1.165, 1.54) is 0 Å². The maximum Gasteiger partial charge on any atom is 0.269 e. The van der Waals surface area contributed by atoms with Crippen molar-refractivity contribution >= 4 is 5.91 Å². The first-order valence-corrected chi connectivity index (χ1v) is 7.57. The van der Waals surface area contributed by atoms with Crippen LogP contribution in [-0.2, 0) is 0 Å². The van der Waals surface area contributed by atoms with Gasteiger partial charge in [-0.2, -0.15) is 5.10 Å². The van der Waals surface area contributed by atoms with Gasteiger partial charge in [-0.3, -0.25) is 9.89 Å². The number of phenolic OH excluding ortho intramolecular Hbond substituents is 1. The van der Waals surface area contributed by atoms with Crippen LogP contribution in [0, 0.1) is 5.92 Å². The van der Waals surface area contributed by atoms with Gasteiger partial charge in [0.15, 0.2) is 0 Å². The third kappa shape index (κ3) is 3.28. The molecule has 1 aliphatic rings. The third-order valence-corrected chi connectivity index (χ3v) is 3.95. The number of para-hydroxylation sites is 1. The largest absolute Gasteiger partial charge is 0.507 e. The number of H-pyrrole nitrogens is 1. The first-order chi connectivity index (χ1) is 10.7. The van der Waals surface area contributed by atoms with Crippen LogP contribution in [0.4, 0.5) is 0 Å². The highest BCUT2D eigenvalue weighted by molar-refractivity contribution is 5.93. The van der Waals surface area contributed by atoms with Gasteiger partial charge in [0.05, 0.1) is 5.69 Å². The summed E-state index contributed by atoms with van der Waals surface area (Å²) in [6, 6.07) is 8.58. The summed E-state index contributed by atoms with van der Waals surface area (Å²) in [7, 11) is 0. The lowest BCUT2D eigenvalue weighted by atomic mass is 10.00. The van der Waals surface area contributed by atoms with E-state index in [4.69, 9.17) is 0 Å². The molecule has 1 unspecified atom stereocenters. The molecule has 0 radical (unpaired) electrons. The fourth-order valence-corrected chi connectivity index (χ4v) is 2.70. The number of aromatic amines is 1. The van der Waals surface area contributed by atoms with Crippen LogP contribution in [0.3, 0.4) is 0 Å². The zero-order valence-corrected chi connectivity index (χ0v) is 12.3. The van der Waals surface area contributed by atoms with Crippen molar-refractivity contribution in [1.82, 2.24) is 20.8 Å². The summed E-state index contributed by atoms with van der Waals surface area (Å²) in [5.41, 5.74) is 1.57. The Morgan fingerprint density at radius 1 is 1.41 bits per heavy atom. The number of carbonyl (C=O) groups excluding carboxylic acids is 1. The predicted molar refractivity (Wildman–Crippen MR) is 83.6 cm³/mol. The quantitative estimate of drug-likeness (QED) is 0.689. The Balaban J connectivity index is 1.63. The zero-order valence-electron chi connectivity index (χ0n) is 12.3. The highest BCUT2D eigenvalue weighted by Crippen LogP contribution is 2.27. The number of carbonyl (C=O) groups is 1. The number of rotatable bonds is 4. The molecule has 3 rings (SSSR count). The molecule has 0 aliphatic carbocycles. The highest BCUT2D eigenvalue weighted by atomic mass is 16.3. The molecular formula is C16H20N4O2. The molecule has 2 heterocycles. The molecule has 1 aliphatic heterocycles.